The number of thiocarbonyl (C=S) groups is 1. The maximum absolute atomic E-state index is 5.83. The Morgan fingerprint density at radius 2 is 1.67 bits per heavy atom. The van der Waals surface area contributed by atoms with E-state index in [1.54, 1.807) is 7.11 Å². The van der Waals surface area contributed by atoms with Gasteiger partial charge in [0.1, 0.15) is 11.5 Å². The molecule has 7 nitrogen and oxygen atoms in total. The summed E-state index contributed by atoms with van der Waals surface area (Å²) in [5.41, 5.74) is 4.55. The van der Waals surface area contributed by atoms with Crippen LogP contribution in [-0.4, -0.2) is 29.0 Å². The highest BCUT2D eigenvalue weighted by molar-refractivity contribution is 7.80. The van der Waals surface area contributed by atoms with Gasteiger partial charge in [0, 0.05) is 16.9 Å². The van der Waals surface area contributed by atoms with Gasteiger partial charge in [0.2, 0.25) is 5.82 Å². The number of allylic oxidation sites excluding steroid dienone is 1. The van der Waals surface area contributed by atoms with Gasteiger partial charge in [0.05, 0.1) is 25.3 Å². The van der Waals surface area contributed by atoms with Gasteiger partial charge in [-0.05, 0) is 80.2 Å². The Morgan fingerprint density at radius 3 is 2.33 bits per heavy atom. The predicted octanol–water partition coefficient (Wildman–Crippen LogP) is 6.01. The van der Waals surface area contributed by atoms with E-state index in [1.807, 2.05) is 85.5 Å². The van der Waals surface area contributed by atoms with Gasteiger partial charge in [-0.1, -0.05) is 35.5 Å². The fourth-order valence-corrected chi connectivity index (χ4v) is 4.63. The molecule has 36 heavy (non-hydrogen) atoms. The molecule has 2 heterocycles. The lowest BCUT2D eigenvalue weighted by atomic mass is 9.94. The minimum absolute atomic E-state index is 0.248. The largest absolute Gasteiger partial charge is 0.497 e. The highest BCUT2D eigenvalue weighted by atomic mass is 32.1. The lowest BCUT2D eigenvalue weighted by molar-refractivity contribution is 0.340. The molecule has 182 valence electrons. The van der Waals surface area contributed by atoms with E-state index in [4.69, 9.17) is 31.2 Å². The summed E-state index contributed by atoms with van der Waals surface area (Å²) >= 11 is 5.83. The van der Waals surface area contributed by atoms with E-state index < -0.39 is 0 Å². The second-order valence-corrected chi connectivity index (χ2v) is 8.59. The summed E-state index contributed by atoms with van der Waals surface area (Å²) in [5.74, 6) is 2.50. The first kappa shape index (κ1) is 23.6. The fourth-order valence-electron chi connectivity index (χ4n) is 4.27. The van der Waals surface area contributed by atoms with E-state index in [0.717, 1.165) is 39.6 Å². The lowest BCUT2D eigenvalue weighted by Crippen LogP contribution is -2.46. The van der Waals surface area contributed by atoms with Crippen LogP contribution in [0.1, 0.15) is 31.3 Å². The molecule has 1 aliphatic rings. The van der Waals surface area contributed by atoms with Gasteiger partial charge in [-0.3, -0.25) is 4.90 Å². The van der Waals surface area contributed by atoms with Crippen LogP contribution in [0.15, 0.2) is 89.1 Å². The maximum atomic E-state index is 5.83. The Morgan fingerprint density at radius 1 is 0.972 bits per heavy atom. The van der Waals surface area contributed by atoms with Crippen molar-refractivity contribution in [3.8, 4) is 22.9 Å². The van der Waals surface area contributed by atoms with Crippen molar-refractivity contribution in [1.29, 1.82) is 0 Å². The Balaban J connectivity index is 1.59. The highest BCUT2D eigenvalue weighted by Gasteiger charge is 2.34. The summed E-state index contributed by atoms with van der Waals surface area (Å²) in [6.07, 6.45) is 0. The molecule has 1 unspecified atom stereocenters. The van der Waals surface area contributed by atoms with Gasteiger partial charge >= 0.3 is 0 Å². The van der Waals surface area contributed by atoms with Crippen LogP contribution >= 0.6 is 12.2 Å². The zero-order chi connectivity index (χ0) is 25.1. The van der Waals surface area contributed by atoms with Crippen LogP contribution < -0.4 is 19.7 Å². The summed E-state index contributed by atoms with van der Waals surface area (Å²) in [7, 11) is 1.64. The molecule has 1 aromatic heterocycles. The average molecular weight is 499 g/mol. The van der Waals surface area contributed by atoms with E-state index in [-0.39, 0.29) is 6.04 Å². The number of rotatable bonds is 7. The molecule has 0 aliphatic carbocycles. The number of nitrogens with zero attached hydrogens (tertiary/aromatic N) is 3. The predicted molar refractivity (Wildman–Crippen MR) is 144 cm³/mol. The summed E-state index contributed by atoms with van der Waals surface area (Å²) in [6.45, 7) is 4.59. The monoisotopic (exact) mass is 498 g/mol. The molecule has 0 saturated heterocycles. The first-order valence-electron chi connectivity index (χ1n) is 11.7. The number of ether oxygens (including phenoxy) is 2. The molecule has 0 amide bonds. The topological polar surface area (TPSA) is 72.7 Å². The number of methoxy groups -OCH3 is 1. The number of hydrogen-bond acceptors (Lipinski definition) is 6. The summed E-state index contributed by atoms with van der Waals surface area (Å²) in [4.78, 5) is 6.75. The molecule has 5 rings (SSSR count). The van der Waals surface area contributed by atoms with Gasteiger partial charge in [0.25, 0.3) is 5.89 Å². The lowest BCUT2D eigenvalue weighted by Gasteiger charge is -2.37. The number of aromatic nitrogens is 2. The first-order valence-corrected chi connectivity index (χ1v) is 12.1. The maximum Gasteiger partial charge on any atom is 0.258 e. The Hall–Kier alpha value is -4.17. The number of nitrogens with one attached hydrogen (secondary N) is 1. The van der Waals surface area contributed by atoms with Gasteiger partial charge in [0.15, 0.2) is 5.11 Å². The van der Waals surface area contributed by atoms with Crippen LogP contribution in [0.4, 0.5) is 5.69 Å². The van der Waals surface area contributed by atoms with Crippen molar-refractivity contribution in [1.82, 2.24) is 15.5 Å². The Bertz CT molecular complexity index is 1380. The van der Waals surface area contributed by atoms with Gasteiger partial charge in [-0.25, -0.2) is 0 Å². The van der Waals surface area contributed by atoms with Crippen LogP contribution in [-0.2, 0) is 0 Å². The van der Waals surface area contributed by atoms with Gasteiger partial charge in [-0.2, -0.15) is 4.98 Å². The number of hydrogen-bond donors (Lipinski definition) is 1. The molecule has 1 N–H and O–H groups in total. The van der Waals surface area contributed by atoms with Crippen LogP contribution in [0, 0.1) is 0 Å². The van der Waals surface area contributed by atoms with E-state index in [1.165, 1.54) is 0 Å². The zero-order valence-corrected chi connectivity index (χ0v) is 21.1. The third-order valence-corrected chi connectivity index (χ3v) is 6.33. The van der Waals surface area contributed by atoms with Crippen molar-refractivity contribution >= 4 is 28.6 Å². The third-order valence-electron chi connectivity index (χ3n) is 6.03. The third kappa shape index (κ3) is 4.55. The molecule has 0 bridgehead atoms. The minimum Gasteiger partial charge on any atom is -0.497 e. The highest BCUT2D eigenvalue weighted by Crippen LogP contribution is 2.39. The Kier molecular flexibility index (Phi) is 6.69. The van der Waals surface area contributed by atoms with E-state index in [0.29, 0.717) is 23.4 Å². The fraction of sp³-hybridized carbons (Fsp3) is 0.179. The molecule has 8 heteroatoms. The smallest absolute Gasteiger partial charge is 0.258 e. The van der Waals surface area contributed by atoms with E-state index in [9.17, 15) is 0 Å². The molecule has 4 aromatic rings. The minimum atomic E-state index is -0.248. The average Bonchev–Trinajstić information content (AvgIpc) is 3.40. The summed E-state index contributed by atoms with van der Waals surface area (Å²) in [6, 6.07) is 25.3. The van der Waals surface area contributed by atoms with E-state index in [2.05, 4.69) is 22.6 Å². The molecular formula is C28H26N4O3S. The molecular weight excluding hydrogens is 472 g/mol. The number of anilines is 1. The van der Waals surface area contributed by atoms with Crippen molar-refractivity contribution in [3.05, 3.63) is 96.0 Å². The van der Waals surface area contributed by atoms with Crippen LogP contribution in [0.25, 0.3) is 17.0 Å². The molecule has 1 atom stereocenters. The van der Waals surface area contributed by atoms with Crippen LogP contribution in [0.5, 0.6) is 11.5 Å². The second kappa shape index (κ2) is 10.2. The molecule has 0 fully saturated rings. The van der Waals surface area contributed by atoms with Gasteiger partial charge in [-0.15, -0.1) is 0 Å². The molecule has 0 radical (unpaired) electrons. The van der Waals surface area contributed by atoms with Crippen molar-refractivity contribution in [2.45, 2.75) is 19.9 Å². The standard InChI is InChI=1S/C28H26N4O3S/c1-4-34-23-16-12-21(13-17-23)32-18(2)24(25(29-28(32)36)19-8-6-5-7-9-19)27-30-26(31-35-27)20-10-14-22(33-3)15-11-20/h5-17,25H,4H2,1-3H3,(H,29,36). The summed E-state index contributed by atoms with van der Waals surface area (Å²) in [5, 5.41) is 8.35. The number of benzene rings is 3. The molecule has 1 aliphatic heterocycles. The SMILES string of the molecule is CCOc1ccc(N2C(=S)NC(c3ccccc3)C(c3nc(-c4ccc(OC)cc4)no3)=C2C)cc1. The van der Waals surface area contributed by atoms with Crippen LogP contribution in [0.3, 0.4) is 0 Å². The van der Waals surface area contributed by atoms with Crippen molar-refractivity contribution < 1.29 is 14.0 Å². The molecule has 3 aromatic carbocycles. The van der Waals surface area contributed by atoms with Crippen LogP contribution in [0.2, 0.25) is 0 Å². The first-order chi connectivity index (χ1) is 17.6. The van der Waals surface area contributed by atoms with E-state index >= 15 is 0 Å². The molecule has 0 saturated carbocycles. The normalized spacial score (nSPS) is 15.6. The van der Waals surface area contributed by atoms with Crippen molar-refractivity contribution in [2.75, 3.05) is 18.6 Å². The Labute approximate surface area is 215 Å². The van der Waals surface area contributed by atoms with Crippen molar-refractivity contribution in [2.24, 2.45) is 0 Å². The molecule has 0 spiro atoms. The quantitative estimate of drug-likeness (QED) is 0.311. The summed E-state index contributed by atoms with van der Waals surface area (Å²) < 4.78 is 16.7. The van der Waals surface area contributed by atoms with Gasteiger partial charge < -0.3 is 19.3 Å². The second-order valence-electron chi connectivity index (χ2n) is 8.21. The zero-order valence-electron chi connectivity index (χ0n) is 20.3. The van der Waals surface area contributed by atoms with Crippen molar-refractivity contribution in [3.63, 3.8) is 0 Å².